The van der Waals surface area contributed by atoms with Gasteiger partial charge in [-0.2, -0.15) is 18.2 Å². The normalized spacial score (nSPS) is 14.2. The molecule has 0 fully saturated rings. The van der Waals surface area contributed by atoms with Crippen LogP contribution in [0.5, 0.6) is 11.5 Å². The van der Waals surface area contributed by atoms with Crippen LogP contribution in [-0.4, -0.2) is 14.1 Å². The minimum atomic E-state index is -0.747. The van der Waals surface area contributed by atoms with Gasteiger partial charge in [0.05, 0.1) is 34.5 Å². The third-order valence-corrected chi connectivity index (χ3v) is 13.8. The first kappa shape index (κ1) is 34.6. The molecule has 0 atom stereocenters. The summed E-state index contributed by atoms with van der Waals surface area (Å²) in [5.41, 5.74) is 7.44. The maximum Gasteiger partial charge on any atom is 0.268 e. The van der Waals surface area contributed by atoms with Crippen molar-refractivity contribution in [2.75, 3.05) is 0 Å². The van der Waals surface area contributed by atoms with E-state index in [0.29, 0.717) is 39.5 Å². The van der Waals surface area contributed by atoms with E-state index in [1.165, 1.54) is 0 Å². The van der Waals surface area contributed by atoms with E-state index in [4.69, 9.17) is 17.9 Å². The van der Waals surface area contributed by atoms with Crippen molar-refractivity contribution in [2.24, 2.45) is 0 Å². The molecular weight excluding hydrogens is 1110 g/mol. The van der Waals surface area contributed by atoms with E-state index >= 15 is 0 Å². The summed E-state index contributed by atoms with van der Waals surface area (Å²) in [5, 5.41) is 2.00. The van der Waals surface area contributed by atoms with Gasteiger partial charge in [0.2, 0.25) is 0 Å². The van der Waals surface area contributed by atoms with E-state index < -0.39 is 101 Å². The topological polar surface area (TPSA) is 35.9 Å². The van der Waals surface area contributed by atoms with Crippen molar-refractivity contribution in [3.05, 3.63) is 260 Å². The second-order valence-corrected chi connectivity index (χ2v) is 19.3. The summed E-state index contributed by atoms with van der Waals surface area (Å²) >= 11 is 0. The Kier molecular flexibility index (Phi) is 8.55. The summed E-state index contributed by atoms with van der Waals surface area (Å²) in [5.74, 6) is 1.53. The molecule has 366 valence electrons. The second kappa shape index (κ2) is 18.8. The number of nitrogens with zero attached hydrogens (tertiary/aromatic N) is 4. The minimum Gasteiger partial charge on any atom is -0.510 e. The molecule has 0 amide bonds. The van der Waals surface area contributed by atoms with Crippen LogP contribution < -0.4 is 9.30 Å². The van der Waals surface area contributed by atoms with Gasteiger partial charge in [0.1, 0.15) is 5.82 Å². The Morgan fingerprint density at radius 1 is 0.513 bits per heavy atom. The molecule has 1 aliphatic heterocycles. The number of ether oxygens (including phenoxy) is 1. The number of imidazole rings is 1. The number of pyridine rings is 1. The molecule has 5 nitrogen and oxygen atoms in total. The van der Waals surface area contributed by atoms with Crippen LogP contribution in [0.1, 0.15) is 44.2 Å². The zero-order chi connectivity index (χ0) is 61.5. The van der Waals surface area contributed by atoms with Crippen molar-refractivity contribution in [1.29, 1.82) is 0 Å². The van der Waals surface area contributed by atoms with Gasteiger partial charge in [-0.3, -0.25) is 4.57 Å². The fourth-order valence-corrected chi connectivity index (χ4v) is 10.3. The molecule has 0 bridgehead atoms. The van der Waals surface area contributed by atoms with Gasteiger partial charge in [-0.15, -0.1) is 29.7 Å². The van der Waals surface area contributed by atoms with E-state index in [-0.39, 0.29) is 37.6 Å². The van der Waals surface area contributed by atoms with Crippen LogP contribution in [0.15, 0.2) is 236 Å². The molecule has 0 N–H and O–H groups in total. The van der Waals surface area contributed by atoms with Crippen molar-refractivity contribution < 1.29 is 48.2 Å². The molecule has 0 aliphatic carbocycles. The predicted molar refractivity (Wildman–Crippen MR) is 305 cm³/mol. The van der Waals surface area contributed by atoms with Crippen LogP contribution in [0.25, 0.3) is 117 Å². The molecule has 0 spiro atoms. The number of para-hydroxylation sites is 3. The fraction of sp³-hybridized carbons (Fsp3) is 0.0571. The Bertz CT molecular complexity index is 5030. The molecule has 3 aromatic heterocycles. The number of hydrogen-bond donors (Lipinski definition) is 0. The first-order valence-corrected chi connectivity index (χ1v) is 24.5. The molecule has 76 heavy (non-hydrogen) atoms. The van der Waals surface area contributed by atoms with Crippen LogP contribution in [-0.2, 0) is 26.5 Å². The Morgan fingerprint density at radius 2 is 1.08 bits per heavy atom. The summed E-state index contributed by atoms with van der Waals surface area (Å²) in [6.07, 6.45) is 5.50. The molecule has 13 aromatic rings. The van der Waals surface area contributed by atoms with Crippen LogP contribution >= 0.6 is 0 Å². The van der Waals surface area contributed by atoms with E-state index in [1.54, 1.807) is 18.2 Å². The maximum absolute atomic E-state index is 10.3. The molecule has 1 aliphatic rings. The number of hydrogen-bond acceptors (Lipinski definition) is 2. The van der Waals surface area contributed by atoms with Crippen LogP contribution in [0.3, 0.4) is 0 Å². The van der Waals surface area contributed by atoms with E-state index in [0.717, 1.165) is 61.0 Å². The Labute approximate surface area is 475 Å². The third kappa shape index (κ3) is 7.98. The molecule has 4 heterocycles. The van der Waals surface area contributed by atoms with Gasteiger partial charge in [0.15, 0.2) is 0 Å². The third-order valence-electron chi connectivity index (χ3n) is 13.8. The Morgan fingerprint density at radius 3 is 1.79 bits per heavy atom. The van der Waals surface area contributed by atoms with Crippen molar-refractivity contribution in [2.45, 2.75) is 26.2 Å². The molecule has 10 aromatic carbocycles. The Hall–Kier alpha value is -8.89. The molecular formula is C70H48N4OPt-2. The zero-order valence-corrected chi connectivity index (χ0v) is 43.3. The van der Waals surface area contributed by atoms with E-state index in [1.807, 2.05) is 131 Å². The van der Waals surface area contributed by atoms with Gasteiger partial charge in [-0.25, -0.2) is 4.98 Å². The average Bonchev–Trinajstić information content (AvgIpc) is 1.76. The number of rotatable bonds is 7. The van der Waals surface area contributed by atoms with Crippen molar-refractivity contribution in [1.82, 2.24) is 14.1 Å². The molecule has 0 saturated heterocycles. The predicted octanol–water partition coefficient (Wildman–Crippen LogP) is 17.2. The standard InChI is InChI=1S/C70H48N4O.Pt/c1-70(2,3)51-37-38-71-67(42-51)74-64-33-15-14-29-60(64)61-36-35-54(44-66(61)74)75-53-24-16-23-52(43-53)72-45-73-68-55(50-40-48(46-19-6-4-7-20-46)39-49(41-50)47-21-8-5-9-22-47)30-17-31-62(68)58-27-12-10-25-56(58)57-26-11-13-28-59(57)63-32-18-34-65(72)69(63)73;/h4-42H,1-3H3;/q-2;/i4D,5D,6D,7D,8D,9D,19D,20D,21D,22D,39D,40D,41D;. The number of benzene rings is 10. The molecule has 0 radical (unpaired) electrons. The Balaban J connectivity index is 0.00000729. The number of fused-ring (bicyclic) bond motifs is 10. The SMILES string of the molecule is [2H]c1c([2H])c([2H])c(-c2c([2H])c(-c3cccc4c3-[n+]3[c-]n(-c5[c-]c(Oc6[c-]c7c(cc6)c6ccccc6n7-c6cc(C(C)(C)C)ccn6)ccc5)c5cccc(c53)-c3ccccc3-c3ccccc3-4)c([2H])c(-c3c([2H])c([2H])c([2H])c([2H])c3[2H])c2[2H])c([2H])c1[2H].[Pt]. The maximum atomic E-state index is 10.3. The van der Waals surface area contributed by atoms with Crippen molar-refractivity contribution in [3.8, 4) is 95.5 Å². The summed E-state index contributed by atoms with van der Waals surface area (Å²) in [6, 6.07) is 46.6. The minimum absolute atomic E-state index is 0. The summed E-state index contributed by atoms with van der Waals surface area (Å²) in [7, 11) is 0. The number of aromatic nitrogens is 4. The average molecular weight is 1170 g/mol. The molecule has 6 heteroatoms. The van der Waals surface area contributed by atoms with Gasteiger partial charge in [-0.05, 0) is 125 Å². The monoisotopic (exact) mass is 1170 g/mol. The van der Waals surface area contributed by atoms with Gasteiger partial charge in [-0.1, -0.05) is 190 Å². The first-order chi connectivity index (χ1) is 42.2. The van der Waals surface area contributed by atoms with Crippen LogP contribution in [0.4, 0.5) is 0 Å². The largest absolute Gasteiger partial charge is 0.510 e. The second-order valence-electron chi connectivity index (χ2n) is 19.3. The first-order valence-electron chi connectivity index (χ1n) is 31.0. The zero-order valence-electron chi connectivity index (χ0n) is 54.0. The summed E-state index contributed by atoms with van der Waals surface area (Å²) in [4.78, 5) is 4.85. The van der Waals surface area contributed by atoms with Gasteiger partial charge < -0.3 is 13.9 Å². The van der Waals surface area contributed by atoms with Crippen molar-refractivity contribution in [3.63, 3.8) is 0 Å². The van der Waals surface area contributed by atoms with Gasteiger partial charge >= 0.3 is 0 Å². The van der Waals surface area contributed by atoms with E-state index in [2.05, 4.69) is 62.0 Å². The fourth-order valence-electron chi connectivity index (χ4n) is 10.3. The van der Waals surface area contributed by atoms with Crippen LogP contribution in [0, 0.1) is 18.5 Å². The quantitative estimate of drug-likeness (QED) is 0.118. The molecule has 14 rings (SSSR count). The summed E-state index contributed by atoms with van der Waals surface area (Å²) in [6.45, 7) is 6.51. The van der Waals surface area contributed by atoms with Gasteiger partial charge in [0, 0.05) is 44.3 Å². The van der Waals surface area contributed by atoms with Gasteiger partial charge in [0.25, 0.3) is 6.33 Å². The smallest absolute Gasteiger partial charge is 0.268 e. The molecule has 0 saturated carbocycles. The summed E-state index contributed by atoms with van der Waals surface area (Å²) < 4.78 is 132. The molecule has 0 unspecified atom stereocenters. The van der Waals surface area contributed by atoms with Crippen molar-refractivity contribution >= 4 is 32.8 Å². The van der Waals surface area contributed by atoms with Crippen LogP contribution in [0.2, 0.25) is 0 Å². The van der Waals surface area contributed by atoms with E-state index in [9.17, 15) is 9.60 Å².